The summed E-state index contributed by atoms with van der Waals surface area (Å²) >= 11 is 0. The number of hydrogen-bond acceptors (Lipinski definition) is 3. The first-order valence-electron chi connectivity index (χ1n) is 14.5. The first kappa shape index (κ1) is 23.8. The molecule has 0 aliphatic carbocycles. The van der Waals surface area contributed by atoms with Crippen LogP contribution in [0, 0.1) is 0 Å². The van der Waals surface area contributed by atoms with Crippen molar-refractivity contribution in [2.45, 2.75) is 0 Å². The Balaban J connectivity index is 1.49. The summed E-state index contributed by atoms with van der Waals surface area (Å²) in [6, 6.07) is 50.8. The Morgan fingerprint density at radius 2 is 0.791 bits per heavy atom. The van der Waals surface area contributed by atoms with Gasteiger partial charge in [-0.15, -0.1) is 0 Å². The molecule has 4 heteroatoms. The van der Waals surface area contributed by atoms with Crippen LogP contribution in [0.1, 0.15) is 0 Å². The molecule has 9 aromatic rings. The molecular weight excluding hydrogens is 524 g/mol. The summed E-state index contributed by atoms with van der Waals surface area (Å²) in [5, 5.41) is 9.70. The maximum absolute atomic E-state index is 5.16. The van der Waals surface area contributed by atoms with Gasteiger partial charge >= 0.3 is 0 Å². The first-order chi connectivity index (χ1) is 21.3. The second-order valence-electron chi connectivity index (χ2n) is 10.8. The third-order valence-corrected chi connectivity index (χ3v) is 8.43. The third-order valence-electron chi connectivity index (χ3n) is 8.43. The van der Waals surface area contributed by atoms with Crippen LogP contribution < -0.4 is 0 Å². The zero-order valence-corrected chi connectivity index (χ0v) is 23.1. The Bertz CT molecular complexity index is 2400. The number of hydrogen-bond donors (Lipinski definition) is 0. The van der Waals surface area contributed by atoms with Crippen molar-refractivity contribution in [2.75, 3.05) is 0 Å². The lowest BCUT2D eigenvalue weighted by Gasteiger charge is -2.14. The number of para-hydroxylation sites is 1. The van der Waals surface area contributed by atoms with Gasteiger partial charge in [0.2, 0.25) is 5.95 Å². The number of nitrogens with zero attached hydrogens (tertiary/aromatic N) is 4. The second-order valence-corrected chi connectivity index (χ2v) is 10.8. The molecule has 0 atom stereocenters. The number of aromatic nitrogens is 4. The van der Waals surface area contributed by atoms with Gasteiger partial charge in [-0.2, -0.15) is 9.97 Å². The third kappa shape index (κ3) is 3.60. The van der Waals surface area contributed by atoms with Crippen LogP contribution in [0.25, 0.3) is 82.8 Å². The first-order valence-corrected chi connectivity index (χ1v) is 14.5. The molecular formula is C39H24N4. The second kappa shape index (κ2) is 9.33. The van der Waals surface area contributed by atoms with Gasteiger partial charge in [0.15, 0.2) is 11.6 Å². The van der Waals surface area contributed by atoms with Crippen molar-refractivity contribution >= 4 is 54.1 Å². The lowest BCUT2D eigenvalue weighted by atomic mass is 9.93. The molecule has 0 aliphatic heterocycles. The average Bonchev–Trinajstić information content (AvgIpc) is 3.43. The van der Waals surface area contributed by atoms with E-state index in [0.29, 0.717) is 17.6 Å². The van der Waals surface area contributed by atoms with Crippen LogP contribution in [-0.2, 0) is 0 Å². The van der Waals surface area contributed by atoms with Gasteiger partial charge in [-0.3, -0.25) is 4.57 Å². The molecule has 7 aromatic carbocycles. The van der Waals surface area contributed by atoms with Gasteiger partial charge in [-0.1, -0.05) is 140 Å². The van der Waals surface area contributed by atoms with Crippen molar-refractivity contribution in [3.63, 3.8) is 0 Å². The monoisotopic (exact) mass is 548 g/mol. The molecule has 0 unspecified atom stereocenters. The van der Waals surface area contributed by atoms with E-state index in [1.807, 2.05) is 36.4 Å². The highest BCUT2D eigenvalue weighted by Gasteiger charge is 2.21. The van der Waals surface area contributed by atoms with E-state index in [2.05, 4.69) is 114 Å². The van der Waals surface area contributed by atoms with Crippen molar-refractivity contribution in [3.8, 4) is 28.7 Å². The molecule has 2 heterocycles. The van der Waals surface area contributed by atoms with Crippen LogP contribution in [0.5, 0.6) is 0 Å². The Labute approximate surface area is 247 Å². The van der Waals surface area contributed by atoms with Crippen LogP contribution in [0.3, 0.4) is 0 Å². The number of rotatable bonds is 3. The molecule has 0 spiro atoms. The van der Waals surface area contributed by atoms with Crippen molar-refractivity contribution in [1.82, 2.24) is 19.5 Å². The normalized spacial score (nSPS) is 11.7. The predicted octanol–water partition coefficient (Wildman–Crippen LogP) is 9.76. The van der Waals surface area contributed by atoms with Crippen LogP contribution in [0.15, 0.2) is 146 Å². The average molecular weight is 549 g/mol. The molecule has 9 rings (SSSR count). The molecule has 0 amide bonds. The highest BCUT2D eigenvalue weighted by Crippen LogP contribution is 2.42. The summed E-state index contributed by atoms with van der Waals surface area (Å²) in [4.78, 5) is 15.3. The molecule has 0 bridgehead atoms. The highest BCUT2D eigenvalue weighted by molar-refractivity contribution is 6.33. The quantitative estimate of drug-likeness (QED) is 0.206. The zero-order valence-electron chi connectivity index (χ0n) is 23.1. The van der Waals surface area contributed by atoms with Crippen molar-refractivity contribution in [2.24, 2.45) is 0 Å². The lowest BCUT2D eigenvalue weighted by Crippen LogP contribution is -2.06. The molecule has 0 fully saturated rings. The van der Waals surface area contributed by atoms with Gasteiger partial charge in [-0.25, -0.2) is 4.98 Å². The summed E-state index contributed by atoms with van der Waals surface area (Å²) in [7, 11) is 0. The van der Waals surface area contributed by atoms with Gasteiger partial charge in [0, 0.05) is 27.3 Å². The van der Waals surface area contributed by atoms with E-state index >= 15 is 0 Å². The molecule has 200 valence electrons. The summed E-state index contributed by atoms with van der Waals surface area (Å²) in [5.41, 5.74) is 4.06. The van der Waals surface area contributed by atoms with Gasteiger partial charge in [-0.05, 0) is 33.0 Å². The Kier molecular flexibility index (Phi) is 5.16. The molecule has 4 nitrogen and oxygen atoms in total. The molecule has 0 aliphatic rings. The summed E-state index contributed by atoms with van der Waals surface area (Å²) in [6.07, 6.45) is 0. The minimum atomic E-state index is 0.601. The van der Waals surface area contributed by atoms with Gasteiger partial charge in [0.1, 0.15) is 0 Å². The summed E-state index contributed by atoms with van der Waals surface area (Å²) in [6.45, 7) is 0. The fourth-order valence-electron chi connectivity index (χ4n) is 6.55. The Morgan fingerprint density at radius 1 is 0.349 bits per heavy atom. The van der Waals surface area contributed by atoms with Crippen LogP contribution in [-0.4, -0.2) is 19.5 Å². The summed E-state index contributed by atoms with van der Waals surface area (Å²) < 4.78 is 2.24. The molecule has 0 saturated heterocycles. The van der Waals surface area contributed by atoms with Crippen LogP contribution in [0.4, 0.5) is 0 Å². The standard InChI is InChI=1S/C39H24N4/c1-3-13-25(14-4-1)37-40-38(26-15-5-2-6-16-26)42-39(41-37)43-34-22-12-11-20-30(34)33-24-23-32-29-19-8-7-17-27(29)28-18-9-10-21-31(28)35(32)36(33)43/h1-24H. The minimum Gasteiger partial charge on any atom is -0.277 e. The van der Waals surface area contributed by atoms with E-state index in [1.165, 1.54) is 43.1 Å². The minimum absolute atomic E-state index is 0.601. The van der Waals surface area contributed by atoms with Crippen molar-refractivity contribution < 1.29 is 0 Å². The van der Waals surface area contributed by atoms with Crippen LogP contribution in [0.2, 0.25) is 0 Å². The van der Waals surface area contributed by atoms with Gasteiger partial charge < -0.3 is 0 Å². The van der Waals surface area contributed by atoms with Gasteiger partial charge in [0.05, 0.1) is 11.0 Å². The fraction of sp³-hybridized carbons (Fsp3) is 0. The van der Waals surface area contributed by atoms with E-state index in [9.17, 15) is 0 Å². The van der Waals surface area contributed by atoms with E-state index in [0.717, 1.165) is 22.2 Å². The Hall–Kier alpha value is -5.87. The smallest absolute Gasteiger partial charge is 0.238 e. The molecule has 0 radical (unpaired) electrons. The molecule has 2 aromatic heterocycles. The molecule has 43 heavy (non-hydrogen) atoms. The largest absolute Gasteiger partial charge is 0.277 e. The number of fused-ring (bicyclic) bond motifs is 10. The zero-order chi connectivity index (χ0) is 28.3. The van der Waals surface area contributed by atoms with Crippen LogP contribution >= 0.6 is 0 Å². The Morgan fingerprint density at radius 3 is 1.40 bits per heavy atom. The fourth-order valence-corrected chi connectivity index (χ4v) is 6.55. The molecule has 0 saturated carbocycles. The highest BCUT2D eigenvalue weighted by atomic mass is 15.2. The van der Waals surface area contributed by atoms with Crippen molar-refractivity contribution in [1.29, 1.82) is 0 Å². The summed E-state index contributed by atoms with van der Waals surface area (Å²) in [5.74, 6) is 1.89. The van der Waals surface area contributed by atoms with E-state index in [4.69, 9.17) is 15.0 Å². The maximum Gasteiger partial charge on any atom is 0.238 e. The van der Waals surface area contributed by atoms with E-state index in [-0.39, 0.29) is 0 Å². The van der Waals surface area contributed by atoms with E-state index in [1.54, 1.807) is 0 Å². The number of benzene rings is 7. The lowest BCUT2D eigenvalue weighted by molar-refractivity contribution is 0.955. The topological polar surface area (TPSA) is 43.6 Å². The SMILES string of the molecule is c1ccc(-c2nc(-c3ccccc3)nc(-n3c4ccccc4c4ccc5c6ccccc6c6ccccc6c5c43)n2)cc1. The van der Waals surface area contributed by atoms with Crippen molar-refractivity contribution in [3.05, 3.63) is 146 Å². The molecule has 0 N–H and O–H groups in total. The van der Waals surface area contributed by atoms with Gasteiger partial charge in [0.25, 0.3) is 0 Å². The maximum atomic E-state index is 5.16. The predicted molar refractivity (Wildman–Crippen MR) is 178 cm³/mol. The van der Waals surface area contributed by atoms with E-state index < -0.39 is 0 Å².